The van der Waals surface area contributed by atoms with E-state index in [0.29, 0.717) is 37.7 Å². The Morgan fingerprint density at radius 3 is 2.39 bits per heavy atom. The maximum Gasteiger partial charge on any atom is 0.224 e. The molecule has 8 heteroatoms. The summed E-state index contributed by atoms with van der Waals surface area (Å²) in [6.45, 7) is 8.67. The maximum absolute atomic E-state index is 12.7. The minimum absolute atomic E-state index is 0.0138. The Hall–Kier alpha value is -2.48. The average Bonchev–Trinajstić information content (AvgIpc) is 2.84. The SMILES string of the molecule is Cc1cc(Cl)ccc1OCCCC(=O)Nc1ccc(N2CCOCC2)cc1N1CCOCC1. The predicted octanol–water partition coefficient (Wildman–Crippen LogP) is 4.12. The average molecular weight is 474 g/mol. The number of nitrogens with one attached hydrogen (secondary N) is 1. The van der Waals surface area contributed by atoms with E-state index in [-0.39, 0.29) is 5.91 Å². The number of hydrogen-bond donors (Lipinski definition) is 1. The van der Waals surface area contributed by atoms with Gasteiger partial charge in [0.15, 0.2) is 0 Å². The van der Waals surface area contributed by atoms with Crippen molar-refractivity contribution < 1.29 is 19.0 Å². The van der Waals surface area contributed by atoms with Gasteiger partial charge in [0.2, 0.25) is 5.91 Å². The minimum Gasteiger partial charge on any atom is -0.493 e. The fourth-order valence-corrected chi connectivity index (χ4v) is 4.34. The second-order valence-corrected chi connectivity index (χ2v) is 8.75. The number of anilines is 3. The number of morpholine rings is 2. The monoisotopic (exact) mass is 473 g/mol. The lowest BCUT2D eigenvalue weighted by molar-refractivity contribution is -0.116. The molecule has 0 aliphatic carbocycles. The Bertz CT molecular complexity index is 943. The van der Waals surface area contributed by atoms with Crippen molar-refractivity contribution in [3.63, 3.8) is 0 Å². The van der Waals surface area contributed by atoms with Gasteiger partial charge in [-0.1, -0.05) is 11.6 Å². The molecule has 2 fully saturated rings. The molecule has 0 radical (unpaired) electrons. The Balaban J connectivity index is 1.36. The van der Waals surface area contributed by atoms with Crippen LogP contribution in [-0.2, 0) is 14.3 Å². The first kappa shape index (κ1) is 23.7. The van der Waals surface area contributed by atoms with Crippen LogP contribution in [0.25, 0.3) is 0 Å². The first-order chi connectivity index (χ1) is 16.1. The Labute approximate surface area is 200 Å². The zero-order valence-corrected chi connectivity index (χ0v) is 19.9. The molecule has 2 aromatic rings. The van der Waals surface area contributed by atoms with E-state index in [1.807, 2.05) is 31.2 Å². The predicted molar refractivity (Wildman–Crippen MR) is 132 cm³/mol. The molecule has 0 unspecified atom stereocenters. The quantitative estimate of drug-likeness (QED) is 0.582. The van der Waals surface area contributed by atoms with Crippen LogP contribution in [0.1, 0.15) is 18.4 Å². The molecule has 2 aliphatic rings. The molecule has 2 saturated heterocycles. The van der Waals surface area contributed by atoms with Crippen molar-refractivity contribution in [1.29, 1.82) is 0 Å². The first-order valence-corrected chi connectivity index (χ1v) is 12.0. The number of carbonyl (C=O) groups excluding carboxylic acids is 1. The molecule has 2 aliphatic heterocycles. The summed E-state index contributed by atoms with van der Waals surface area (Å²) in [6, 6.07) is 11.8. The fourth-order valence-electron chi connectivity index (χ4n) is 4.11. The van der Waals surface area contributed by atoms with Gasteiger partial charge >= 0.3 is 0 Å². The summed E-state index contributed by atoms with van der Waals surface area (Å²) in [5, 5.41) is 3.81. The van der Waals surface area contributed by atoms with Crippen LogP contribution < -0.4 is 19.9 Å². The van der Waals surface area contributed by atoms with Crippen LogP contribution in [0.2, 0.25) is 5.02 Å². The zero-order chi connectivity index (χ0) is 23.0. The molecule has 0 atom stereocenters. The fraction of sp³-hybridized carbons (Fsp3) is 0.480. The molecule has 0 aromatic heterocycles. The number of amides is 1. The van der Waals surface area contributed by atoms with Crippen molar-refractivity contribution in [2.75, 3.05) is 74.3 Å². The highest BCUT2D eigenvalue weighted by atomic mass is 35.5. The van der Waals surface area contributed by atoms with Gasteiger partial charge in [0.1, 0.15) is 5.75 Å². The van der Waals surface area contributed by atoms with E-state index in [4.69, 9.17) is 25.8 Å². The van der Waals surface area contributed by atoms with Crippen LogP contribution in [0.15, 0.2) is 36.4 Å². The van der Waals surface area contributed by atoms with Crippen LogP contribution >= 0.6 is 11.6 Å². The Kier molecular flexibility index (Phi) is 8.31. The number of ether oxygens (including phenoxy) is 3. The van der Waals surface area contributed by atoms with Crippen LogP contribution in [0.4, 0.5) is 17.1 Å². The van der Waals surface area contributed by atoms with E-state index in [0.717, 1.165) is 67.8 Å². The summed E-state index contributed by atoms with van der Waals surface area (Å²) in [7, 11) is 0. The van der Waals surface area contributed by atoms with Crippen LogP contribution in [0.5, 0.6) is 5.75 Å². The van der Waals surface area contributed by atoms with Crippen molar-refractivity contribution in [3.05, 3.63) is 47.0 Å². The van der Waals surface area contributed by atoms with E-state index in [1.54, 1.807) is 0 Å². The van der Waals surface area contributed by atoms with E-state index in [2.05, 4.69) is 27.2 Å². The van der Waals surface area contributed by atoms with Gasteiger partial charge in [0.05, 0.1) is 44.4 Å². The largest absolute Gasteiger partial charge is 0.493 e. The molecule has 1 N–H and O–H groups in total. The molecule has 7 nitrogen and oxygen atoms in total. The normalized spacial score (nSPS) is 16.5. The van der Waals surface area contributed by atoms with Crippen molar-refractivity contribution in [1.82, 2.24) is 0 Å². The number of halogens is 1. The summed E-state index contributed by atoms with van der Waals surface area (Å²) >= 11 is 5.99. The number of carbonyl (C=O) groups is 1. The highest BCUT2D eigenvalue weighted by molar-refractivity contribution is 6.30. The summed E-state index contributed by atoms with van der Waals surface area (Å²) in [4.78, 5) is 17.3. The van der Waals surface area contributed by atoms with E-state index in [9.17, 15) is 4.79 Å². The zero-order valence-electron chi connectivity index (χ0n) is 19.1. The molecule has 178 valence electrons. The summed E-state index contributed by atoms with van der Waals surface area (Å²) < 4.78 is 16.8. The van der Waals surface area contributed by atoms with E-state index in [1.165, 1.54) is 0 Å². The third-order valence-corrected chi connectivity index (χ3v) is 6.16. The van der Waals surface area contributed by atoms with Crippen molar-refractivity contribution in [3.8, 4) is 5.75 Å². The number of aryl methyl sites for hydroxylation is 1. The van der Waals surface area contributed by atoms with Crippen LogP contribution in [0.3, 0.4) is 0 Å². The third kappa shape index (κ3) is 6.53. The summed E-state index contributed by atoms with van der Waals surface area (Å²) in [6.07, 6.45) is 1.02. The van der Waals surface area contributed by atoms with Crippen molar-refractivity contribution in [2.45, 2.75) is 19.8 Å². The van der Waals surface area contributed by atoms with Crippen LogP contribution in [0, 0.1) is 6.92 Å². The lowest BCUT2D eigenvalue weighted by Gasteiger charge is -2.33. The van der Waals surface area contributed by atoms with E-state index >= 15 is 0 Å². The van der Waals surface area contributed by atoms with Gasteiger partial charge in [-0.3, -0.25) is 4.79 Å². The van der Waals surface area contributed by atoms with Crippen LogP contribution in [-0.4, -0.2) is 65.1 Å². The molecule has 4 rings (SSSR count). The lowest BCUT2D eigenvalue weighted by atomic mass is 10.1. The molecule has 2 aromatic carbocycles. The number of benzene rings is 2. The molecule has 1 amide bonds. The number of hydrogen-bond acceptors (Lipinski definition) is 6. The van der Waals surface area contributed by atoms with Gasteiger partial charge in [-0.25, -0.2) is 0 Å². The summed E-state index contributed by atoms with van der Waals surface area (Å²) in [5.41, 5.74) is 4.03. The molecule has 2 heterocycles. The molecular weight excluding hydrogens is 442 g/mol. The van der Waals surface area contributed by atoms with Gasteiger partial charge in [-0.2, -0.15) is 0 Å². The van der Waals surface area contributed by atoms with Gasteiger partial charge < -0.3 is 29.3 Å². The first-order valence-electron chi connectivity index (χ1n) is 11.6. The van der Waals surface area contributed by atoms with Crippen molar-refractivity contribution >= 4 is 34.6 Å². The molecule has 0 saturated carbocycles. The highest BCUT2D eigenvalue weighted by Crippen LogP contribution is 2.32. The number of nitrogens with zero attached hydrogens (tertiary/aromatic N) is 2. The number of rotatable bonds is 8. The minimum atomic E-state index is -0.0138. The van der Waals surface area contributed by atoms with Gasteiger partial charge in [-0.05, 0) is 55.3 Å². The standard InChI is InChI=1S/C25H32ClN3O4/c1-19-17-20(26)4-7-24(19)33-12-2-3-25(30)27-22-6-5-21(28-8-13-31-14-9-28)18-23(22)29-10-15-32-16-11-29/h4-7,17-18H,2-3,8-16H2,1H3,(H,27,30). The smallest absolute Gasteiger partial charge is 0.224 e. The molecule has 0 bridgehead atoms. The van der Waals surface area contributed by atoms with Crippen molar-refractivity contribution in [2.24, 2.45) is 0 Å². The lowest BCUT2D eigenvalue weighted by Crippen LogP contribution is -2.38. The molecular formula is C25H32ClN3O4. The van der Waals surface area contributed by atoms with Gasteiger partial charge in [0, 0.05) is 43.3 Å². The Morgan fingerprint density at radius 1 is 1.00 bits per heavy atom. The molecule has 0 spiro atoms. The van der Waals surface area contributed by atoms with Gasteiger partial charge in [0.25, 0.3) is 0 Å². The molecule has 33 heavy (non-hydrogen) atoms. The van der Waals surface area contributed by atoms with Gasteiger partial charge in [-0.15, -0.1) is 0 Å². The Morgan fingerprint density at radius 2 is 1.70 bits per heavy atom. The highest BCUT2D eigenvalue weighted by Gasteiger charge is 2.19. The maximum atomic E-state index is 12.7. The van der Waals surface area contributed by atoms with E-state index < -0.39 is 0 Å². The second kappa shape index (κ2) is 11.6. The third-order valence-electron chi connectivity index (χ3n) is 5.93. The topological polar surface area (TPSA) is 63.3 Å². The summed E-state index contributed by atoms with van der Waals surface area (Å²) in [5.74, 6) is 0.785. The second-order valence-electron chi connectivity index (χ2n) is 8.31.